The number of rotatable bonds is 3. The molecular formula is C19H21NO2. The van der Waals surface area contributed by atoms with Gasteiger partial charge in [-0.25, -0.2) is 0 Å². The van der Waals surface area contributed by atoms with E-state index in [0.717, 1.165) is 37.2 Å². The first kappa shape index (κ1) is 13.6. The molecule has 4 rings (SSSR count). The van der Waals surface area contributed by atoms with Crippen LogP contribution in [0.1, 0.15) is 36.5 Å². The van der Waals surface area contributed by atoms with Crippen LogP contribution in [0.25, 0.3) is 0 Å². The van der Waals surface area contributed by atoms with Crippen molar-refractivity contribution in [3.63, 3.8) is 0 Å². The van der Waals surface area contributed by atoms with Gasteiger partial charge in [0.2, 0.25) is 0 Å². The number of ether oxygens (including phenoxy) is 2. The molecule has 3 nitrogen and oxygen atoms in total. The zero-order valence-corrected chi connectivity index (χ0v) is 12.6. The maximum absolute atomic E-state index is 6.16. The summed E-state index contributed by atoms with van der Waals surface area (Å²) in [6, 6.07) is 16.9. The molecule has 1 aliphatic heterocycles. The first-order valence-corrected chi connectivity index (χ1v) is 8.05. The van der Waals surface area contributed by atoms with E-state index in [-0.39, 0.29) is 12.2 Å². The third kappa shape index (κ3) is 2.69. The van der Waals surface area contributed by atoms with Crippen LogP contribution in [0.3, 0.4) is 0 Å². The van der Waals surface area contributed by atoms with E-state index in [4.69, 9.17) is 15.2 Å². The van der Waals surface area contributed by atoms with Gasteiger partial charge in [0.05, 0.1) is 0 Å². The van der Waals surface area contributed by atoms with Crippen LogP contribution in [0.15, 0.2) is 48.5 Å². The highest BCUT2D eigenvalue weighted by Crippen LogP contribution is 2.37. The van der Waals surface area contributed by atoms with Crippen molar-refractivity contribution in [3.8, 4) is 11.5 Å². The number of aryl methyl sites for hydroxylation is 1. The molecule has 1 fully saturated rings. The first-order chi connectivity index (χ1) is 10.8. The summed E-state index contributed by atoms with van der Waals surface area (Å²) in [5.41, 5.74) is 8.29. The molecule has 0 aromatic heterocycles. The second kappa shape index (κ2) is 5.65. The van der Waals surface area contributed by atoms with E-state index in [2.05, 4.69) is 30.3 Å². The van der Waals surface area contributed by atoms with Crippen LogP contribution >= 0.6 is 0 Å². The summed E-state index contributed by atoms with van der Waals surface area (Å²) in [5, 5.41) is 0. The Morgan fingerprint density at radius 1 is 1.05 bits per heavy atom. The van der Waals surface area contributed by atoms with Crippen molar-refractivity contribution < 1.29 is 9.47 Å². The molecule has 1 unspecified atom stereocenters. The molecule has 22 heavy (non-hydrogen) atoms. The number of hydrogen-bond acceptors (Lipinski definition) is 3. The van der Waals surface area contributed by atoms with E-state index in [1.165, 1.54) is 11.1 Å². The van der Waals surface area contributed by atoms with Gasteiger partial charge in [-0.3, -0.25) is 0 Å². The Balaban J connectivity index is 1.47. The Morgan fingerprint density at radius 3 is 2.64 bits per heavy atom. The average molecular weight is 295 g/mol. The zero-order chi connectivity index (χ0) is 14.9. The molecule has 1 aliphatic carbocycles. The lowest BCUT2D eigenvalue weighted by Gasteiger charge is -2.33. The number of nitrogens with two attached hydrogens (primary N) is 1. The minimum Gasteiger partial charge on any atom is -0.490 e. The highest BCUT2D eigenvalue weighted by atomic mass is 16.5. The van der Waals surface area contributed by atoms with Gasteiger partial charge in [-0.1, -0.05) is 30.3 Å². The van der Waals surface area contributed by atoms with Crippen LogP contribution in [0, 0.1) is 0 Å². The third-order valence-corrected chi connectivity index (χ3v) is 4.58. The van der Waals surface area contributed by atoms with E-state index in [1.54, 1.807) is 0 Å². The fourth-order valence-corrected chi connectivity index (χ4v) is 3.24. The number of hydrogen-bond donors (Lipinski definition) is 1. The maximum Gasteiger partial charge on any atom is 0.124 e. The van der Waals surface area contributed by atoms with Crippen molar-refractivity contribution in [2.45, 2.75) is 43.9 Å². The Hall–Kier alpha value is -2.00. The molecule has 2 aromatic carbocycles. The standard InChI is InChI=1S/C19H21NO2/c20-15-11-17(12-15)21-16-7-9-19-14(10-16)6-8-18(22-19)13-4-2-1-3-5-13/h1-5,7,9-10,15,17-18H,6,8,11-12,20H2. The largest absolute Gasteiger partial charge is 0.490 e. The molecule has 0 saturated heterocycles. The lowest BCUT2D eigenvalue weighted by molar-refractivity contribution is 0.100. The van der Waals surface area contributed by atoms with Gasteiger partial charge >= 0.3 is 0 Å². The van der Waals surface area contributed by atoms with Crippen LogP contribution in [0.4, 0.5) is 0 Å². The second-order valence-corrected chi connectivity index (χ2v) is 6.30. The maximum atomic E-state index is 6.16. The topological polar surface area (TPSA) is 44.5 Å². The average Bonchev–Trinajstić information content (AvgIpc) is 2.54. The Labute approximate surface area is 131 Å². The third-order valence-electron chi connectivity index (χ3n) is 4.58. The van der Waals surface area contributed by atoms with Gasteiger partial charge < -0.3 is 15.2 Å². The fourth-order valence-electron chi connectivity index (χ4n) is 3.24. The van der Waals surface area contributed by atoms with E-state index < -0.39 is 0 Å². The van der Waals surface area contributed by atoms with Crippen LogP contribution < -0.4 is 15.2 Å². The number of fused-ring (bicyclic) bond motifs is 1. The summed E-state index contributed by atoms with van der Waals surface area (Å²) in [5.74, 6) is 1.93. The van der Waals surface area contributed by atoms with Gasteiger partial charge in [-0.2, -0.15) is 0 Å². The molecule has 3 heteroatoms. The molecule has 0 spiro atoms. The Kier molecular flexibility index (Phi) is 3.51. The molecule has 2 aliphatic rings. The summed E-state index contributed by atoms with van der Waals surface area (Å²) in [7, 11) is 0. The Morgan fingerprint density at radius 2 is 1.86 bits per heavy atom. The summed E-state index contributed by atoms with van der Waals surface area (Å²) in [4.78, 5) is 0. The van der Waals surface area contributed by atoms with Gasteiger partial charge in [0, 0.05) is 6.04 Å². The lowest BCUT2D eigenvalue weighted by atomic mass is 9.90. The fraction of sp³-hybridized carbons (Fsp3) is 0.368. The number of benzene rings is 2. The molecule has 1 saturated carbocycles. The van der Waals surface area contributed by atoms with Crippen LogP contribution in [-0.2, 0) is 6.42 Å². The minimum absolute atomic E-state index is 0.157. The highest BCUT2D eigenvalue weighted by molar-refractivity contribution is 5.42. The van der Waals surface area contributed by atoms with Crippen LogP contribution in [-0.4, -0.2) is 12.1 Å². The summed E-state index contributed by atoms with van der Waals surface area (Å²) in [6.45, 7) is 0. The zero-order valence-electron chi connectivity index (χ0n) is 12.6. The molecule has 1 heterocycles. The summed E-state index contributed by atoms with van der Waals surface area (Å²) < 4.78 is 12.1. The van der Waals surface area contributed by atoms with Crippen molar-refractivity contribution >= 4 is 0 Å². The van der Waals surface area contributed by atoms with Gasteiger partial charge in [0.1, 0.15) is 23.7 Å². The second-order valence-electron chi connectivity index (χ2n) is 6.30. The van der Waals surface area contributed by atoms with Crippen LogP contribution in [0.2, 0.25) is 0 Å². The van der Waals surface area contributed by atoms with E-state index >= 15 is 0 Å². The lowest BCUT2D eigenvalue weighted by Crippen LogP contribution is -2.43. The first-order valence-electron chi connectivity index (χ1n) is 8.05. The minimum atomic E-state index is 0.157. The van der Waals surface area contributed by atoms with Crippen molar-refractivity contribution in [3.05, 3.63) is 59.7 Å². The van der Waals surface area contributed by atoms with Gasteiger partial charge in [0.25, 0.3) is 0 Å². The van der Waals surface area contributed by atoms with Crippen molar-refractivity contribution in [1.29, 1.82) is 0 Å². The quantitative estimate of drug-likeness (QED) is 0.940. The molecule has 2 aromatic rings. The van der Waals surface area contributed by atoms with Gasteiger partial charge in [-0.05, 0) is 55.0 Å². The molecule has 114 valence electrons. The predicted octanol–water partition coefficient (Wildman–Crippen LogP) is 3.62. The molecule has 0 radical (unpaired) electrons. The SMILES string of the molecule is NC1CC(Oc2ccc3c(c2)CCC(c2ccccc2)O3)C1. The smallest absolute Gasteiger partial charge is 0.124 e. The molecular weight excluding hydrogens is 274 g/mol. The van der Waals surface area contributed by atoms with Gasteiger partial charge in [0.15, 0.2) is 0 Å². The normalized spacial score (nSPS) is 26.5. The van der Waals surface area contributed by atoms with E-state index in [0.29, 0.717) is 6.04 Å². The Bertz CT molecular complexity index is 650. The van der Waals surface area contributed by atoms with E-state index in [9.17, 15) is 0 Å². The summed E-state index contributed by atoms with van der Waals surface area (Å²) in [6.07, 6.45) is 4.40. The van der Waals surface area contributed by atoms with Crippen molar-refractivity contribution in [2.75, 3.05) is 0 Å². The summed E-state index contributed by atoms with van der Waals surface area (Å²) >= 11 is 0. The van der Waals surface area contributed by atoms with Crippen molar-refractivity contribution in [1.82, 2.24) is 0 Å². The van der Waals surface area contributed by atoms with Gasteiger partial charge in [-0.15, -0.1) is 0 Å². The monoisotopic (exact) mass is 295 g/mol. The predicted molar refractivity (Wildman–Crippen MR) is 86.2 cm³/mol. The molecule has 1 atom stereocenters. The molecule has 0 amide bonds. The van der Waals surface area contributed by atoms with E-state index in [1.807, 2.05) is 18.2 Å². The molecule has 2 N–H and O–H groups in total. The van der Waals surface area contributed by atoms with Crippen molar-refractivity contribution in [2.24, 2.45) is 5.73 Å². The van der Waals surface area contributed by atoms with Crippen LogP contribution in [0.5, 0.6) is 11.5 Å². The highest BCUT2D eigenvalue weighted by Gasteiger charge is 2.28. The molecule has 0 bridgehead atoms.